The van der Waals surface area contributed by atoms with Gasteiger partial charge in [-0.25, -0.2) is 0 Å². The Labute approximate surface area is 207 Å². The van der Waals surface area contributed by atoms with Crippen molar-refractivity contribution in [2.24, 2.45) is 4.99 Å². The van der Waals surface area contributed by atoms with E-state index in [0.717, 1.165) is 51.9 Å². The normalized spacial score (nSPS) is 18.1. The summed E-state index contributed by atoms with van der Waals surface area (Å²) in [6, 6.07) is 11.5. The van der Waals surface area contributed by atoms with Crippen LogP contribution in [0, 0.1) is 0 Å². The molecular formula is C23H34IN5OS. The van der Waals surface area contributed by atoms with Crippen LogP contribution in [0.2, 0.25) is 0 Å². The number of hydrogen-bond donors (Lipinski definition) is 2. The van der Waals surface area contributed by atoms with Gasteiger partial charge in [-0.3, -0.25) is 9.89 Å². The van der Waals surface area contributed by atoms with E-state index < -0.39 is 0 Å². The van der Waals surface area contributed by atoms with E-state index in [1.54, 1.807) is 0 Å². The van der Waals surface area contributed by atoms with Crippen molar-refractivity contribution in [3.63, 3.8) is 0 Å². The molecule has 1 unspecified atom stereocenters. The number of rotatable bonds is 6. The number of benzene rings is 1. The molecular weight excluding hydrogens is 521 g/mol. The van der Waals surface area contributed by atoms with Crippen molar-refractivity contribution in [1.82, 2.24) is 15.5 Å². The first-order valence-electron chi connectivity index (χ1n) is 10.9. The maximum absolute atomic E-state index is 5.55. The van der Waals surface area contributed by atoms with Crippen LogP contribution in [-0.2, 0) is 17.7 Å². The van der Waals surface area contributed by atoms with Gasteiger partial charge >= 0.3 is 0 Å². The lowest BCUT2D eigenvalue weighted by molar-refractivity contribution is 0.0177. The van der Waals surface area contributed by atoms with Crippen LogP contribution in [-0.4, -0.2) is 64.3 Å². The lowest BCUT2D eigenvalue weighted by Gasteiger charge is -2.34. The Balaban J connectivity index is 0.00000272. The molecule has 8 heteroatoms. The molecule has 0 spiro atoms. The lowest BCUT2D eigenvalue weighted by atomic mass is 9.99. The molecule has 3 heterocycles. The smallest absolute Gasteiger partial charge is 0.191 e. The second-order valence-electron chi connectivity index (χ2n) is 7.97. The topological polar surface area (TPSA) is 52.1 Å². The maximum Gasteiger partial charge on any atom is 0.191 e. The Morgan fingerprint density at radius 1 is 1.19 bits per heavy atom. The molecule has 31 heavy (non-hydrogen) atoms. The van der Waals surface area contributed by atoms with Crippen LogP contribution in [0.4, 0.5) is 5.69 Å². The van der Waals surface area contributed by atoms with E-state index in [1.165, 1.54) is 34.5 Å². The van der Waals surface area contributed by atoms with E-state index in [9.17, 15) is 0 Å². The van der Waals surface area contributed by atoms with Crippen LogP contribution in [0.1, 0.15) is 28.5 Å². The molecule has 170 valence electrons. The number of fused-ring (bicyclic) bond motifs is 1. The minimum absolute atomic E-state index is 0. The third kappa shape index (κ3) is 6.34. The van der Waals surface area contributed by atoms with Gasteiger partial charge in [0, 0.05) is 57.4 Å². The highest BCUT2D eigenvalue weighted by Gasteiger charge is 2.23. The molecule has 0 radical (unpaired) electrons. The van der Waals surface area contributed by atoms with Gasteiger partial charge in [0.2, 0.25) is 0 Å². The summed E-state index contributed by atoms with van der Waals surface area (Å²) in [6.07, 6.45) is 2.40. The highest BCUT2D eigenvalue weighted by molar-refractivity contribution is 14.0. The number of morpholine rings is 1. The number of aryl methyl sites for hydroxylation is 1. The van der Waals surface area contributed by atoms with E-state index in [1.807, 2.05) is 18.4 Å². The van der Waals surface area contributed by atoms with Crippen molar-refractivity contribution in [2.75, 3.05) is 58.4 Å². The number of nitrogens with zero attached hydrogens (tertiary/aromatic N) is 3. The average Bonchev–Trinajstić information content (AvgIpc) is 3.31. The number of hydrogen-bond acceptors (Lipinski definition) is 5. The molecule has 2 aromatic rings. The van der Waals surface area contributed by atoms with E-state index in [-0.39, 0.29) is 24.0 Å². The van der Waals surface area contributed by atoms with Crippen molar-refractivity contribution in [1.29, 1.82) is 0 Å². The number of aliphatic imine (C=N–C) groups is 1. The van der Waals surface area contributed by atoms with Crippen molar-refractivity contribution in [3.05, 3.63) is 51.7 Å². The summed E-state index contributed by atoms with van der Waals surface area (Å²) in [7, 11) is 4.02. The number of thiophene rings is 1. The molecule has 2 aliphatic heterocycles. The summed E-state index contributed by atoms with van der Waals surface area (Å²) in [6.45, 7) is 6.31. The van der Waals surface area contributed by atoms with E-state index in [0.29, 0.717) is 6.04 Å². The van der Waals surface area contributed by atoms with E-state index in [2.05, 4.69) is 68.2 Å². The highest BCUT2D eigenvalue weighted by atomic mass is 127. The fraction of sp³-hybridized carbons (Fsp3) is 0.522. The molecule has 0 bridgehead atoms. The van der Waals surface area contributed by atoms with Crippen LogP contribution in [0.5, 0.6) is 0 Å². The summed E-state index contributed by atoms with van der Waals surface area (Å²) < 4.78 is 5.55. The van der Waals surface area contributed by atoms with Gasteiger partial charge in [0.1, 0.15) is 0 Å². The molecule has 1 atom stereocenters. The van der Waals surface area contributed by atoms with Crippen LogP contribution in [0.15, 0.2) is 40.7 Å². The van der Waals surface area contributed by atoms with Crippen LogP contribution in [0.25, 0.3) is 0 Å². The molecule has 2 N–H and O–H groups in total. The second kappa shape index (κ2) is 12.0. The van der Waals surface area contributed by atoms with Crippen molar-refractivity contribution in [2.45, 2.75) is 25.4 Å². The molecule has 6 nitrogen and oxygen atoms in total. The summed E-state index contributed by atoms with van der Waals surface area (Å²) >= 11 is 1.82. The van der Waals surface area contributed by atoms with Gasteiger partial charge in [-0.2, -0.15) is 0 Å². The average molecular weight is 556 g/mol. The Morgan fingerprint density at radius 2 is 2.03 bits per heavy atom. The molecule has 1 aromatic carbocycles. The van der Waals surface area contributed by atoms with Crippen molar-refractivity contribution < 1.29 is 4.74 Å². The molecule has 0 amide bonds. The fourth-order valence-electron chi connectivity index (χ4n) is 4.33. The number of guanidine groups is 1. The van der Waals surface area contributed by atoms with Gasteiger partial charge in [-0.1, -0.05) is 18.2 Å². The molecule has 0 saturated carbocycles. The summed E-state index contributed by atoms with van der Waals surface area (Å²) in [5.41, 5.74) is 4.13. The zero-order valence-corrected chi connectivity index (χ0v) is 21.6. The fourth-order valence-corrected chi connectivity index (χ4v) is 5.19. The summed E-state index contributed by atoms with van der Waals surface area (Å²) in [4.78, 5) is 10.7. The first-order chi connectivity index (χ1) is 14.7. The third-order valence-electron chi connectivity index (χ3n) is 6.00. The quantitative estimate of drug-likeness (QED) is 0.325. The molecule has 1 fully saturated rings. The molecule has 1 aromatic heterocycles. The zero-order valence-electron chi connectivity index (χ0n) is 18.5. The van der Waals surface area contributed by atoms with Crippen LogP contribution in [0.3, 0.4) is 0 Å². The molecule has 2 aliphatic rings. The van der Waals surface area contributed by atoms with Gasteiger partial charge in [0.15, 0.2) is 5.96 Å². The SMILES string of the molecule is CN=C(NCc1ccc2c(c1)CCCN2C)NCC(c1cccs1)N1CCOCC1.I. The van der Waals surface area contributed by atoms with Gasteiger partial charge in [-0.05, 0) is 41.5 Å². The largest absolute Gasteiger partial charge is 0.379 e. The zero-order chi connectivity index (χ0) is 20.8. The van der Waals surface area contributed by atoms with Crippen molar-refractivity contribution in [3.8, 4) is 0 Å². The Kier molecular flexibility index (Phi) is 9.43. The van der Waals surface area contributed by atoms with Gasteiger partial charge in [-0.15, -0.1) is 35.3 Å². The van der Waals surface area contributed by atoms with Gasteiger partial charge in [0.05, 0.1) is 19.3 Å². The van der Waals surface area contributed by atoms with Gasteiger partial charge in [0.25, 0.3) is 0 Å². The summed E-state index contributed by atoms with van der Waals surface area (Å²) in [5.74, 6) is 0.847. The van der Waals surface area contributed by atoms with E-state index >= 15 is 0 Å². The Hall–Kier alpha value is -1.36. The Bertz CT molecular complexity index is 838. The number of ether oxygens (including phenoxy) is 1. The predicted octanol–water partition coefficient (Wildman–Crippen LogP) is 3.49. The first-order valence-corrected chi connectivity index (χ1v) is 11.7. The maximum atomic E-state index is 5.55. The Morgan fingerprint density at radius 3 is 2.77 bits per heavy atom. The van der Waals surface area contributed by atoms with Crippen molar-refractivity contribution >= 4 is 47.0 Å². The molecule has 1 saturated heterocycles. The van der Waals surface area contributed by atoms with Gasteiger partial charge < -0.3 is 20.3 Å². The first kappa shape index (κ1) is 24.3. The monoisotopic (exact) mass is 555 g/mol. The van der Waals surface area contributed by atoms with E-state index in [4.69, 9.17) is 4.74 Å². The molecule has 0 aliphatic carbocycles. The van der Waals surface area contributed by atoms with Crippen LogP contribution >= 0.6 is 35.3 Å². The molecule has 4 rings (SSSR count). The second-order valence-corrected chi connectivity index (χ2v) is 8.95. The number of halogens is 1. The standard InChI is InChI=1S/C23H33N5OS.HI/c1-24-23(25-16-18-7-8-20-19(15-18)5-3-9-27(20)2)26-17-21(22-6-4-14-30-22)28-10-12-29-13-11-28;/h4,6-8,14-15,21H,3,5,9-13,16-17H2,1-2H3,(H2,24,25,26);1H. The third-order valence-corrected chi connectivity index (χ3v) is 6.97. The minimum atomic E-state index is 0. The number of anilines is 1. The summed E-state index contributed by atoms with van der Waals surface area (Å²) in [5, 5.41) is 9.20. The minimum Gasteiger partial charge on any atom is -0.379 e. The lowest BCUT2D eigenvalue weighted by Crippen LogP contribution is -2.46. The number of nitrogens with one attached hydrogen (secondary N) is 2. The van der Waals surface area contributed by atoms with Crippen LogP contribution < -0.4 is 15.5 Å². The highest BCUT2D eigenvalue weighted by Crippen LogP contribution is 2.27. The predicted molar refractivity (Wildman–Crippen MR) is 141 cm³/mol.